The molecule has 0 aliphatic heterocycles. The molecule has 0 amide bonds. The summed E-state index contributed by atoms with van der Waals surface area (Å²) in [5, 5.41) is 11.0. The number of thioether (sulfide) groups is 1. The normalized spacial score (nSPS) is 14.1. The first-order valence-corrected chi connectivity index (χ1v) is 8.08. The molecule has 1 fully saturated rings. The summed E-state index contributed by atoms with van der Waals surface area (Å²) in [5.41, 5.74) is 3.75. The average molecular weight is 301 g/mol. The Bertz CT molecular complexity index is 685. The molecule has 1 heterocycles. The Morgan fingerprint density at radius 1 is 1.30 bits per heavy atom. The van der Waals surface area contributed by atoms with Crippen LogP contribution in [0.4, 0.5) is 0 Å². The molecule has 100 valence electrons. The van der Waals surface area contributed by atoms with Gasteiger partial charge in [0.2, 0.25) is 0 Å². The van der Waals surface area contributed by atoms with Crippen molar-refractivity contribution >= 4 is 23.4 Å². The van der Waals surface area contributed by atoms with Gasteiger partial charge in [0.15, 0.2) is 0 Å². The van der Waals surface area contributed by atoms with Crippen molar-refractivity contribution in [2.24, 2.45) is 0 Å². The van der Waals surface area contributed by atoms with E-state index in [4.69, 9.17) is 11.6 Å². The number of aromatic nitrogens is 1. The fourth-order valence-electron chi connectivity index (χ4n) is 2.24. The molecule has 2 aromatic rings. The van der Waals surface area contributed by atoms with Gasteiger partial charge in [-0.3, -0.25) is 0 Å². The number of pyridine rings is 1. The fraction of sp³-hybridized carbons (Fsp3) is 0.250. The van der Waals surface area contributed by atoms with Crippen molar-refractivity contribution in [3.05, 3.63) is 46.6 Å². The monoisotopic (exact) mass is 300 g/mol. The molecule has 0 atom stereocenters. The van der Waals surface area contributed by atoms with Crippen LogP contribution < -0.4 is 0 Å². The Kier molecular flexibility index (Phi) is 3.69. The summed E-state index contributed by atoms with van der Waals surface area (Å²) in [4.78, 5) is 4.64. The molecule has 3 rings (SSSR count). The second-order valence-electron chi connectivity index (χ2n) is 4.87. The van der Waals surface area contributed by atoms with Gasteiger partial charge in [0.25, 0.3) is 0 Å². The fourth-order valence-corrected chi connectivity index (χ4v) is 2.92. The van der Waals surface area contributed by atoms with Gasteiger partial charge in [0.05, 0.1) is 5.56 Å². The predicted molar refractivity (Wildman–Crippen MR) is 83.2 cm³/mol. The number of nitriles is 1. The van der Waals surface area contributed by atoms with Crippen molar-refractivity contribution in [2.45, 2.75) is 23.8 Å². The molecule has 1 aromatic carbocycles. The molecule has 0 radical (unpaired) electrons. The van der Waals surface area contributed by atoms with Crippen LogP contribution >= 0.6 is 23.4 Å². The van der Waals surface area contributed by atoms with E-state index in [0.717, 1.165) is 21.8 Å². The molecule has 0 N–H and O–H groups in total. The number of hydrogen-bond acceptors (Lipinski definition) is 3. The molecular weight excluding hydrogens is 288 g/mol. The van der Waals surface area contributed by atoms with E-state index in [9.17, 15) is 5.26 Å². The topological polar surface area (TPSA) is 36.7 Å². The van der Waals surface area contributed by atoms with Crippen molar-refractivity contribution in [2.75, 3.05) is 6.26 Å². The number of halogens is 1. The van der Waals surface area contributed by atoms with Crippen LogP contribution in [0.1, 0.15) is 30.0 Å². The molecular formula is C16H13ClN2S. The van der Waals surface area contributed by atoms with Crippen LogP contribution in [0.15, 0.2) is 35.4 Å². The van der Waals surface area contributed by atoms with E-state index < -0.39 is 0 Å². The molecule has 1 aliphatic rings. The summed E-state index contributed by atoms with van der Waals surface area (Å²) in [6, 6.07) is 12.0. The first kappa shape index (κ1) is 13.5. The van der Waals surface area contributed by atoms with Crippen molar-refractivity contribution < 1.29 is 0 Å². The Morgan fingerprint density at radius 2 is 2.00 bits per heavy atom. The van der Waals surface area contributed by atoms with E-state index in [1.54, 1.807) is 0 Å². The minimum atomic E-state index is 0.569. The smallest absolute Gasteiger partial charge is 0.114 e. The van der Waals surface area contributed by atoms with Crippen LogP contribution in [0.5, 0.6) is 0 Å². The van der Waals surface area contributed by atoms with Crippen LogP contribution in [0.25, 0.3) is 11.1 Å². The molecule has 0 unspecified atom stereocenters. The average Bonchev–Trinajstić information content (AvgIpc) is 3.31. The van der Waals surface area contributed by atoms with Gasteiger partial charge in [-0.25, -0.2) is 4.98 Å². The zero-order chi connectivity index (χ0) is 14.1. The predicted octanol–water partition coefficient (Wildman–Crippen LogP) is 4.87. The van der Waals surface area contributed by atoms with Gasteiger partial charge < -0.3 is 0 Å². The van der Waals surface area contributed by atoms with Crippen LogP contribution in [-0.2, 0) is 0 Å². The number of hydrogen-bond donors (Lipinski definition) is 0. The molecule has 1 aliphatic carbocycles. The lowest BCUT2D eigenvalue weighted by atomic mass is 10.0. The quantitative estimate of drug-likeness (QED) is 0.759. The van der Waals surface area contributed by atoms with Crippen molar-refractivity contribution in [3.63, 3.8) is 0 Å². The van der Waals surface area contributed by atoms with E-state index in [0.29, 0.717) is 16.5 Å². The van der Waals surface area contributed by atoms with E-state index in [2.05, 4.69) is 17.1 Å². The van der Waals surface area contributed by atoms with Crippen LogP contribution in [0, 0.1) is 11.3 Å². The summed E-state index contributed by atoms with van der Waals surface area (Å²) >= 11 is 7.47. The Balaban J connectivity index is 2.18. The van der Waals surface area contributed by atoms with Crippen molar-refractivity contribution in [1.29, 1.82) is 5.26 Å². The van der Waals surface area contributed by atoms with E-state index >= 15 is 0 Å². The van der Waals surface area contributed by atoms with Gasteiger partial charge in [-0.15, -0.1) is 11.8 Å². The summed E-state index contributed by atoms with van der Waals surface area (Å²) in [6.45, 7) is 0. The third kappa shape index (κ3) is 2.54. The third-order valence-corrected chi connectivity index (χ3v) is 4.40. The largest absolute Gasteiger partial charge is 0.245 e. The molecule has 0 spiro atoms. The lowest BCUT2D eigenvalue weighted by molar-refractivity contribution is 0.957. The maximum Gasteiger partial charge on any atom is 0.114 e. The maximum atomic E-state index is 9.46. The minimum Gasteiger partial charge on any atom is -0.245 e. The van der Waals surface area contributed by atoms with Gasteiger partial charge in [0, 0.05) is 22.2 Å². The summed E-state index contributed by atoms with van der Waals surface area (Å²) < 4.78 is 0. The SMILES string of the molecule is CSc1nc(C2CC2)cc(-c2ccc(Cl)cc2)c1C#N. The Morgan fingerprint density at radius 3 is 2.55 bits per heavy atom. The summed E-state index contributed by atoms with van der Waals surface area (Å²) in [6.07, 6.45) is 4.37. The highest BCUT2D eigenvalue weighted by Gasteiger charge is 2.27. The first-order valence-electron chi connectivity index (χ1n) is 6.48. The zero-order valence-corrected chi connectivity index (χ0v) is 12.6. The highest BCUT2D eigenvalue weighted by Crippen LogP contribution is 2.42. The standard InChI is InChI=1S/C16H13ClN2S/c1-20-16-14(9-18)13(8-15(19-16)11-2-3-11)10-4-6-12(17)7-5-10/h4-8,11H,2-3H2,1H3. The first-order chi connectivity index (χ1) is 9.72. The van der Waals surface area contributed by atoms with Crippen LogP contribution in [0.3, 0.4) is 0 Å². The second kappa shape index (κ2) is 5.47. The Hall–Kier alpha value is -1.50. The molecule has 1 saturated carbocycles. The van der Waals surface area contributed by atoms with Crippen molar-refractivity contribution in [1.82, 2.24) is 4.98 Å². The van der Waals surface area contributed by atoms with Gasteiger partial charge in [-0.2, -0.15) is 5.26 Å². The van der Waals surface area contributed by atoms with Crippen LogP contribution in [-0.4, -0.2) is 11.2 Å². The highest BCUT2D eigenvalue weighted by atomic mass is 35.5. The number of rotatable bonds is 3. The lowest BCUT2D eigenvalue weighted by Gasteiger charge is -2.10. The minimum absolute atomic E-state index is 0.569. The maximum absolute atomic E-state index is 9.46. The molecule has 4 heteroatoms. The van der Waals surface area contributed by atoms with Gasteiger partial charge >= 0.3 is 0 Å². The highest BCUT2D eigenvalue weighted by molar-refractivity contribution is 7.98. The van der Waals surface area contributed by atoms with E-state index in [1.165, 1.54) is 24.6 Å². The van der Waals surface area contributed by atoms with E-state index in [1.807, 2.05) is 30.5 Å². The summed E-state index contributed by atoms with van der Waals surface area (Å²) in [5.74, 6) is 0.569. The lowest BCUT2D eigenvalue weighted by Crippen LogP contribution is -1.96. The molecule has 20 heavy (non-hydrogen) atoms. The summed E-state index contributed by atoms with van der Waals surface area (Å²) in [7, 11) is 0. The van der Waals surface area contributed by atoms with E-state index in [-0.39, 0.29) is 0 Å². The number of benzene rings is 1. The van der Waals surface area contributed by atoms with Crippen LogP contribution in [0.2, 0.25) is 5.02 Å². The molecule has 0 bridgehead atoms. The van der Waals surface area contributed by atoms with Gasteiger partial charge in [0.1, 0.15) is 11.1 Å². The zero-order valence-electron chi connectivity index (χ0n) is 11.1. The molecule has 0 saturated heterocycles. The van der Waals surface area contributed by atoms with Gasteiger partial charge in [-0.1, -0.05) is 23.7 Å². The van der Waals surface area contributed by atoms with Crippen molar-refractivity contribution in [3.8, 4) is 17.2 Å². The third-order valence-electron chi connectivity index (χ3n) is 3.46. The molecule has 1 aromatic heterocycles. The van der Waals surface area contributed by atoms with Gasteiger partial charge in [-0.05, 0) is 42.9 Å². The number of nitrogens with zero attached hydrogens (tertiary/aromatic N) is 2. The Labute approximate surface area is 127 Å². The second-order valence-corrected chi connectivity index (χ2v) is 6.10. The molecule has 2 nitrogen and oxygen atoms in total.